The fourth-order valence-electron chi connectivity index (χ4n) is 3.20. The van der Waals surface area contributed by atoms with E-state index in [0.29, 0.717) is 27.9 Å². The second kappa shape index (κ2) is 6.26. The summed E-state index contributed by atoms with van der Waals surface area (Å²) in [6, 6.07) is 14.7. The van der Waals surface area contributed by atoms with E-state index in [1.165, 1.54) is 0 Å². The summed E-state index contributed by atoms with van der Waals surface area (Å²) in [6.07, 6.45) is 0. The molecule has 1 unspecified atom stereocenters. The molecule has 1 aromatic heterocycles. The van der Waals surface area contributed by atoms with E-state index in [9.17, 15) is 4.79 Å². The molecule has 26 heavy (non-hydrogen) atoms. The Bertz CT molecular complexity index is 1140. The molecule has 4 rings (SSSR count). The topological polar surface area (TPSA) is 91.5 Å². The van der Waals surface area contributed by atoms with E-state index in [4.69, 9.17) is 32.8 Å². The fraction of sp³-hybridized carbons (Fsp3) is 0.0526. The van der Waals surface area contributed by atoms with Crippen molar-refractivity contribution in [1.29, 1.82) is 0 Å². The Hall–Kier alpha value is -2.64. The quantitative estimate of drug-likeness (QED) is 0.479. The van der Waals surface area contributed by atoms with Crippen LogP contribution in [0.3, 0.4) is 0 Å². The van der Waals surface area contributed by atoms with Crippen LogP contribution in [-0.4, -0.2) is 4.99 Å². The molecule has 3 aromatic rings. The van der Waals surface area contributed by atoms with E-state index in [1.807, 2.05) is 36.4 Å². The van der Waals surface area contributed by atoms with E-state index in [2.05, 4.69) is 15.9 Å². The molecule has 0 amide bonds. The Morgan fingerprint density at radius 3 is 2.50 bits per heavy atom. The molecule has 0 fully saturated rings. The van der Waals surface area contributed by atoms with Gasteiger partial charge in [-0.05, 0) is 29.8 Å². The van der Waals surface area contributed by atoms with Crippen LogP contribution in [-0.2, 0) is 0 Å². The molecule has 0 radical (unpaired) electrons. The first-order chi connectivity index (χ1) is 12.5. The zero-order valence-corrected chi connectivity index (χ0v) is 15.8. The zero-order chi connectivity index (χ0) is 18.4. The molecule has 7 heteroatoms. The smallest absolute Gasteiger partial charge is 0.344 e. The second-order valence-electron chi connectivity index (χ2n) is 5.86. The summed E-state index contributed by atoms with van der Waals surface area (Å²) in [6.45, 7) is 0. The summed E-state index contributed by atoms with van der Waals surface area (Å²) in [4.78, 5) is 12.9. The van der Waals surface area contributed by atoms with Gasteiger partial charge >= 0.3 is 5.63 Å². The molecule has 2 heterocycles. The summed E-state index contributed by atoms with van der Waals surface area (Å²) >= 11 is 8.59. The maximum atomic E-state index is 12.8. The van der Waals surface area contributed by atoms with Gasteiger partial charge in [0.15, 0.2) is 11.6 Å². The highest BCUT2D eigenvalue weighted by Crippen LogP contribution is 2.43. The molecule has 0 spiro atoms. The van der Waals surface area contributed by atoms with E-state index in [1.54, 1.807) is 12.1 Å². The lowest BCUT2D eigenvalue weighted by Crippen LogP contribution is -2.32. The highest BCUT2D eigenvalue weighted by atomic mass is 79.9. The van der Waals surface area contributed by atoms with Crippen molar-refractivity contribution in [3.63, 3.8) is 0 Å². The van der Waals surface area contributed by atoms with Crippen LogP contribution in [0, 0.1) is 0 Å². The Labute approximate surface area is 162 Å². The SMILES string of the molecule is NC(=S)C1=C(N)Oc2c(c(=O)oc3ccccc23)C1c1ccc(Br)cc1. The molecule has 1 atom stereocenters. The van der Waals surface area contributed by atoms with Crippen LogP contribution < -0.4 is 21.8 Å². The molecular weight excluding hydrogens is 416 g/mol. The van der Waals surface area contributed by atoms with Gasteiger partial charge in [0.05, 0.1) is 22.4 Å². The molecule has 1 aliphatic heterocycles. The highest BCUT2D eigenvalue weighted by molar-refractivity contribution is 9.10. The summed E-state index contributed by atoms with van der Waals surface area (Å²) in [5.74, 6) is -0.0962. The number of ether oxygens (including phenoxy) is 1. The summed E-state index contributed by atoms with van der Waals surface area (Å²) < 4.78 is 12.2. The molecule has 0 aliphatic carbocycles. The van der Waals surface area contributed by atoms with Crippen molar-refractivity contribution in [3.8, 4) is 5.75 Å². The number of halogens is 1. The molecule has 5 nitrogen and oxygen atoms in total. The van der Waals surface area contributed by atoms with Crippen molar-refractivity contribution in [2.45, 2.75) is 5.92 Å². The Balaban J connectivity index is 2.08. The Morgan fingerprint density at radius 1 is 1.12 bits per heavy atom. The van der Waals surface area contributed by atoms with Crippen LogP contribution in [0.4, 0.5) is 0 Å². The van der Waals surface area contributed by atoms with E-state index >= 15 is 0 Å². The van der Waals surface area contributed by atoms with Crippen molar-refractivity contribution >= 4 is 44.1 Å². The first-order valence-electron chi connectivity index (χ1n) is 7.76. The number of rotatable bonds is 2. The molecule has 0 bridgehead atoms. The molecule has 1 aliphatic rings. The van der Waals surface area contributed by atoms with Gasteiger partial charge in [0.1, 0.15) is 10.6 Å². The number of para-hydroxylation sites is 1. The van der Waals surface area contributed by atoms with Gasteiger partial charge < -0.3 is 20.6 Å². The molecule has 130 valence electrons. The normalized spacial score (nSPS) is 16.3. The van der Waals surface area contributed by atoms with E-state index in [0.717, 1.165) is 10.0 Å². The monoisotopic (exact) mass is 428 g/mol. The minimum absolute atomic E-state index is 0.0774. The third-order valence-electron chi connectivity index (χ3n) is 4.32. The Kier molecular flexibility index (Phi) is 4.05. The summed E-state index contributed by atoms with van der Waals surface area (Å²) in [5.41, 5.74) is 13.5. The molecule has 0 saturated heterocycles. The Morgan fingerprint density at radius 2 is 1.81 bits per heavy atom. The second-order valence-corrected chi connectivity index (χ2v) is 7.21. The third kappa shape index (κ3) is 2.60. The number of hydrogen-bond donors (Lipinski definition) is 2. The maximum absolute atomic E-state index is 12.8. The number of hydrogen-bond acceptors (Lipinski definition) is 5. The van der Waals surface area contributed by atoms with Gasteiger partial charge in [-0.3, -0.25) is 0 Å². The van der Waals surface area contributed by atoms with Crippen LogP contribution in [0.15, 0.2) is 73.7 Å². The van der Waals surface area contributed by atoms with E-state index in [-0.39, 0.29) is 10.9 Å². The van der Waals surface area contributed by atoms with Gasteiger partial charge in [-0.2, -0.15) is 0 Å². The lowest BCUT2D eigenvalue weighted by Gasteiger charge is -2.28. The lowest BCUT2D eigenvalue weighted by molar-refractivity contribution is 0.389. The number of benzene rings is 2. The van der Waals surface area contributed by atoms with E-state index < -0.39 is 11.5 Å². The molecular formula is C19H13BrN2O3S. The minimum Gasteiger partial charge on any atom is -0.440 e. The fourth-order valence-corrected chi connectivity index (χ4v) is 3.68. The third-order valence-corrected chi connectivity index (χ3v) is 5.07. The van der Waals surface area contributed by atoms with Crippen LogP contribution in [0.25, 0.3) is 11.0 Å². The zero-order valence-electron chi connectivity index (χ0n) is 13.4. The number of fused-ring (bicyclic) bond motifs is 3. The van der Waals surface area contributed by atoms with Crippen LogP contribution in [0.2, 0.25) is 0 Å². The van der Waals surface area contributed by atoms with Gasteiger partial charge in [0.2, 0.25) is 0 Å². The number of nitrogens with two attached hydrogens (primary N) is 2. The van der Waals surface area contributed by atoms with Crippen LogP contribution in [0.1, 0.15) is 17.0 Å². The van der Waals surface area contributed by atoms with Gasteiger partial charge in [0.25, 0.3) is 0 Å². The average Bonchev–Trinajstić information content (AvgIpc) is 2.61. The molecule has 4 N–H and O–H groups in total. The van der Waals surface area contributed by atoms with Gasteiger partial charge in [-0.15, -0.1) is 0 Å². The van der Waals surface area contributed by atoms with Crippen LogP contribution in [0.5, 0.6) is 5.75 Å². The first-order valence-corrected chi connectivity index (χ1v) is 8.96. The number of thiocarbonyl (C=S) groups is 1. The van der Waals surface area contributed by atoms with Gasteiger partial charge in [0, 0.05) is 4.47 Å². The van der Waals surface area contributed by atoms with Crippen molar-refractivity contribution < 1.29 is 9.15 Å². The maximum Gasteiger partial charge on any atom is 0.344 e. The van der Waals surface area contributed by atoms with Crippen molar-refractivity contribution in [2.75, 3.05) is 0 Å². The summed E-state index contributed by atoms with van der Waals surface area (Å²) in [5, 5.41) is 0.661. The minimum atomic E-state index is -0.565. The first kappa shape index (κ1) is 16.8. The van der Waals surface area contributed by atoms with Crippen molar-refractivity contribution in [3.05, 3.63) is 86.0 Å². The lowest BCUT2D eigenvalue weighted by atomic mass is 9.83. The predicted octanol–water partition coefficient (Wildman–Crippen LogP) is 3.54. The van der Waals surface area contributed by atoms with Crippen molar-refractivity contribution in [1.82, 2.24) is 0 Å². The van der Waals surface area contributed by atoms with Gasteiger partial charge in [-0.25, -0.2) is 4.79 Å². The molecule has 0 saturated carbocycles. The average molecular weight is 429 g/mol. The summed E-state index contributed by atoms with van der Waals surface area (Å²) in [7, 11) is 0. The molecule has 2 aromatic carbocycles. The van der Waals surface area contributed by atoms with Gasteiger partial charge in [-0.1, -0.05) is 52.4 Å². The highest BCUT2D eigenvalue weighted by Gasteiger charge is 2.36. The standard InChI is InChI=1S/C19H13BrN2O3S/c20-10-7-5-9(6-8-10)13-14-16(25-17(21)15(13)18(22)26)11-3-1-2-4-12(11)24-19(14)23/h1-8,13H,21H2,(H2,22,26). The van der Waals surface area contributed by atoms with Crippen molar-refractivity contribution in [2.24, 2.45) is 11.5 Å². The largest absolute Gasteiger partial charge is 0.440 e. The van der Waals surface area contributed by atoms with Crippen LogP contribution >= 0.6 is 28.1 Å². The predicted molar refractivity (Wildman–Crippen MR) is 107 cm³/mol.